The molecule has 1 unspecified atom stereocenters. The van der Waals surface area contributed by atoms with Gasteiger partial charge in [0.15, 0.2) is 5.13 Å². The number of hydrazine groups is 1. The molecule has 0 radical (unpaired) electrons. The zero-order chi connectivity index (χ0) is 19.4. The van der Waals surface area contributed by atoms with Crippen LogP contribution in [0.2, 0.25) is 0 Å². The topological polar surface area (TPSA) is 83.1 Å². The Bertz CT molecular complexity index is 920. The predicted octanol–water partition coefficient (Wildman–Crippen LogP) is 3.22. The van der Waals surface area contributed by atoms with E-state index in [1.807, 2.05) is 68.4 Å². The molecule has 3 rings (SSSR count). The minimum atomic E-state index is -0.766. The van der Waals surface area contributed by atoms with Crippen LogP contribution in [0.25, 0.3) is 10.2 Å². The second-order valence-electron chi connectivity index (χ2n) is 6.79. The average Bonchev–Trinajstić information content (AvgIpc) is 3.08. The summed E-state index contributed by atoms with van der Waals surface area (Å²) in [4.78, 5) is 29.3. The van der Waals surface area contributed by atoms with E-state index in [4.69, 9.17) is 0 Å². The highest BCUT2D eigenvalue weighted by atomic mass is 32.1. The van der Waals surface area contributed by atoms with E-state index in [9.17, 15) is 9.59 Å². The fourth-order valence-electron chi connectivity index (χ4n) is 2.55. The van der Waals surface area contributed by atoms with Crippen LogP contribution in [0.3, 0.4) is 0 Å². The van der Waals surface area contributed by atoms with Crippen LogP contribution in [-0.4, -0.2) is 22.8 Å². The van der Waals surface area contributed by atoms with Gasteiger partial charge in [-0.25, -0.2) is 4.98 Å². The summed E-state index contributed by atoms with van der Waals surface area (Å²) in [5.74, 6) is -0.624. The van der Waals surface area contributed by atoms with Crippen LogP contribution < -0.4 is 16.2 Å². The van der Waals surface area contributed by atoms with Gasteiger partial charge in [0.25, 0.3) is 5.91 Å². The minimum Gasteiger partial charge on any atom is -0.350 e. The molecule has 0 bridgehead atoms. The van der Waals surface area contributed by atoms with Crippen molar-refractivity contribution in [1.82, 2.24) is 15.8 Å². The van der Waals surface area contributed by atoms with Crippen LogP contribution in [-0.2, 0) is 15.0 Å². The lowest BCUT2D eigenvalue weighted by molar-refractivity contribution is -0.131. The molecule has 0 saturated carbocycles. The van der Waals surface area contributed by atoms with Gasteiger partial charge >= 0.3 is 0 Å². The number of rotatable bonds is 5. The van der Waals surface area contributed by atoms with Gasteiger partial charge in [-0.05, 0) is 38.5 Å². The SMILES string of the molecule is CC(Nc1nc2ccccc2s1)C(=O)NNC(=O)C(C)(C)c1ccccc1. The summed E-state index contributed by atoms with van der Waals surface area (Å²) >= 11 is 1.48. The third-order valence-electron chi connectivity index (χ3n) is 4.39. The molecule has 1 aromatic heterocycles. The van der Waals surface area contributed by atoms with E-state index in [2.05, 4.69) is 21.2 Å². The van der Waals surface area contributed by atoms with Crippen molar-refractivity contribution in [3.63, 3.8) is 0 Å². The molecule has 2 aromatic carbocycles. The zero-order valence-corrected chi connectivity index (χ0v) is 16.3. The second kappa shape index (κ2) is 7.75. The van der Waals surface area contributed by atoms with Gasteiger partial charge in [0.05, 0.1) is 15.6 Å². The normalized spacial score (nSPS) is 12.4. The Hall–Kier alpha value is -2.93. The Labute approximate surface area is 162 Å². The van der Waals surface area contributed by atoms with Gasteiger partial charge in [0.1, 0.15) is 6.04 Å². The maximum atomic E-state index is 12.5. The number of anilines is 1. The number of benzene rings is 2. The smallest absolute Gasteiger partial charge is 0.260 e. The lowest BCUT2D eigenvalue weighted by Crippen LogP contribution is -2.52. The molecule has 3 aromatic rings. The Morgan fingerprint density at radius 2 is 1.67 bits per heavy atom. The molecule has 27 heavy (non-hydrogen) atoms. The van der Waals surface area contributed by atoms with Crippen LogP contribution in [0.15, 0.2) is 54.6 Å². The molecule has 0 aliphatic rings. The third kappa shape index (κ3) is 4.25. The van der Waals surface area contributed by atoms with E-state index in [-0.39, 0.29) is 11.8 Å². The summed E-state index contributed by atoms with van der Waals surface area (Å²) < 4.78 is 1.05. The van der Waals surface area contributed by atoms with E-state index in [1.54, 1.807) is 6.92 Å². The molecule has 140 valence electrons. The molecular formula is C20H22N4O2S. The lowest BCUT2D eigenvalue weighted by atomic mass is 9.84. The Morgan fingerprint density at radius 3 is 2.37 bits per heavy atom. The fourth-order valence-corrected chi connectivity index (χ4v) is 3.51. The van der Waals surface area contributed by atoms with Crippen LogP contribution in [0, 0.1) is 0 Å². The maximum Gasteiger partial charge on any atom is 0.260 e. The molecule has 3 N–H and O–H groups in total. The average molecular weight is 382 g/mol. The molecule has 0 spiro atoms. The first-order valence-corrected chi connectivity index (χ1v) is 9.47. The van der Waals surface area contributed by atoms with Crippen molar-refractivity contribution in [2.75, 3.05) is 5.32 Å². The Kier molecular flexibility index (Phi) is 5.41. The van der Waals surface area contributed by atoms with Crippen LogP contribution in [0.4, 0.5) is 5.13 Å². The van der Waals surface area contributed by atoms with Crippen molar-refractivity contribution in [3.8, 4) is 0 Å². The van der Waals surface area contributed by atoms with E-state index < -0.39 is 11.5 Å². The number of nitrogens with zero attached hydrogens (tertiary/aromatic N) is 1. The van der Waals surface area contributed by atoms with Crippen LogP contribution in [0.5, 0.6) is 0 Å². The zero-order valence-electron chi connectivity index (χ0n) is 15.4. The van der Waals surface area contributed by atoms with E-state index in [0.717, 1.165) is 15.8 Å². The number of nitrogens with one attached hydrogen (secondary N) is 3. The summed E-state index contributed by atoms with van der Waals surface area (Å²) in [6.07, 6.45) is 0. The number of carbonyl (C=O) groups excluding carboxylic acids is 2. The molecule has 6 nitrogen and oxygen atoms in total. The van der Waals surface area contributed by atoms with Crippen molar-refractivity contribution in [2.24, 2.45) is 0 Å². The lowest BCUT2D eigenvalue weighted by Gasteiger charge is -2.24. The number of hydrogen-bond acceptors (Lipinski definition) is 5. The van der Waals surface area contributed by atoms with Crippen molar-refractivity contribution in [3.05, 3.63) is 60.2 Å². The first kappa shape index (κ1) is 18.8. The molecule has 1 atom stereocenters. The second-order valence-corrected chi connectivity index (χ2v) is 7.82. The van der Waals surface area contributed by atoms with E-state index in [0.29, 0.717) is 5.13 Å². The molecule has 0 saturated heterocycles. The Morgan fingerprint density at radius 1 is 1.00 bits per heavy atom. The monoisotopic (exact) mass is 382 g/mol. The summed E-state index contributed by atoms with van der Waals surface area (Å²) in [6.45, 7) is 5.34. The molecule has 0 aliphatic carbocycles. The predicted molar refractivity (Wildman–Crippen MR) is 108 cm³/mol. The largest absolute Gasteiger partial charge is 0.350 e. The molecular weight excluding hydrogens is 360 g/mol. The summed E-state index contributed by atoms with van der Waals surface area (Å²) in [6, 6.07) is 16.7. The van der Waals surface area contributed by atoms with Crippen LogP contribution in [0.1, 0.15) is 26.3 Å². The molecule has 7 heteroatoms. The fraction of sp³-hybridized carbons (Fsp3) is 0.250. The highest BCUT2D eigenvalue weighted by molar-refractivity contribution is 7.22. The molecule has 2 amide bonds. The van der Waals surface area contributed by atoms with Gasteiger partial charge in [0, 0.05) is 0 Å². The molecule has 1 heterocycles. The van der Waals surface area contributed by atoms with E-state index in [1.165, 1.54) is 11.3 Å². The van der Waals surface area contributed by atoms with Gasteiger partial charge < -0.3 is 5.32 Å². The maximum absolute atomic E-state index is 12.5. The quantitative estimate of drug-likeness (QED) is 0.592. The van der Waals surface area contributed by atoms with Crippen molar-refractivity contribution >= 4 is 38.5 Å². The highest BCUT2D eigenvalue weighted by Crippen LogP contribution is 2.26. The molecule has 0 fully saturated rings. The number of fused-ring (bicyclic) bond motifs is 1. The first-order valence-electron chi connectivity index (χ1n) is 8.66. The Balaban J connectivity index is 1.57. The van der Waals surface area contributed by atoms with Crippen LogP contribution >= 0.6 is 11.3 Å². The van der Waals surface area contributed by atoms with Gasteiger partial charge in [-0.3, -0.25) is 20.4 Å². The number of hydrogen-bond donors (Lipinski definition) is 3. The molecule has 0 aliphatic heterocycles. The van der Waals surface area contributed by atoms with Gasteiger partial charge in [-0.1, -0.05) is 53.8 Å². The number of amides is 2. The summed E-state index contributed by atoms with van der Waals surface area (Å²) in [5, 5.41) is 3.73. The van der Waals surface area contributed by atoms with Crippen molar-refractivity contribution in [2.45, 2.75) is 32.2 Å². The number of aromatic nitrogens is 1. The first-order chi connectivity index (χ1) is 12.9. The summed E-state index contributed by atoms with van der Waals surface area (Å²) in [7, 11) is 0. The van der Waals surface area contributed by atoms with Gasteiger partial charge in [0.2, 0.25) is 5.91 Å². The number of para-hydroxylation sites is 1. The van der Waals surface area contributed by atoms with Crippen molar-refractivity contribution in [1.29, 1.82) is 0 Å². The van der Waals surface area contributed by atoms with Crippen molar-refractivity contribution < 1.29 is 9.59 Å². The summed E-state index contributed by atoms with van der Waals surface area (Å²) in [5.41, 5.74) is 6.00. The number of carbonyl (C=O) groups is 2. The highest BCUT2D eigenvalue weighted by Gasteiger charge is 2.30. The van der Waals surface area contributed by atoms with E-state index >= 15 is 0 Å². The third-order valence-corrected chi connectivity index (χ3v) is 5.36. The number of thiazole rings is 1. The minimum absolute atomic E-state index is 0.283. The standard InChI is InChI=1S/C20H22N4O2S/c1-13(21-19-22-15-11-7-8-12-16(15)27-19)17(25)23-24-18(26)20(2,3)14-9-5-4-6-10-14/h4-13H,1-3H3,(H,21,22)(H,23,25)(H,24,26). The van der Waals surface area contributed by atoms with Gasteiger partial charge in [-0.2, -0.15) is 0 Å². The van der Waals surface area contributed by atoms with Gasteiger partial charge in [-0.15, -0.1) is 0 Å².